The lowest BCUT2D eigenvalue weighted by atomic mass is 10.2. The zero-order valence-corrected chi connectivity index (χ0v) is 58.0. The van der Waals surface area contributed by atoms with E-state index in [2.05, 4.69) is 55.8 Å². The molecule has 100 heavy (non-hydrogen) atoms. The van der Waals surface area contributed by atoms with Crippen LogP contribution in [0.5, 0.6) is 51.7 Å². The number of ether oxygens (including phenoxy) is 9. The van der Waals surface area contributed by atoms with Gasteiger partial charge in [0.25, 0.3) is 0 Å². The molecule has 2 fully saturated rings. The van der Waals surface area contributed by atoms with Crippen molar-refractivity contribution in [2.24, 2.45) is 0 Å². The highest BCUT2D eigenvalue weighted by Gasteiger charge is 2.28. The van der Waals surface area contributed by atoms with Gasteiger partial charge in [-0.1, -0.05) is 19.0 Å². The number of aromatic nitrogens is 12. The Morgan fingerprint density at radius 3 is 1.34 bits per heavy atom. The van der Waals surface area contributed by atoms with Crippen LogP contribution in [0.1, 0.15) is 33.1 Å². The summed E-state index contributed by atoms with van der Waals surface area (Å²) in [4.78, 5) is 40.0. The van der Waals surface area contributed by atoms with Crippen molar-refractivity contribution in [3.8, 4) is 68.8 Å². The second-order valence-corrected chi connectivity index (χ2v) is 22.0. The second kappa shape index (κ2) is 35.4. The summed E-state index contributed by atoms with van der Waals surface area (Å²) in [6, 6.07) is 16.5. The van der Waals surface area contributed by atoms with Crippen LogP contribution in [0.2, 0.25) is 15.7 Å². The average Bonchev–Trinajstić information content (AvgIpc) is 1.58. The third-order valence-electron chi connectivity index (χ3n) is 15.1. The van der Waals surface area contributed by atoms with E-state index in [0.29, 0.717) is 133 Å². The SMILES string of the molecule is C.COc1cc(-n2cnc(N)c2)cc(OC)c1OC.COc1cc(-n2cnc(Nc3nc(Cl)nc4ccoc34)c2)cc(OC)c1OC.COc1cc(-n2cnc(Nc3nc(N4CCC[C@H]4CO)nc4ccoc34)c2)cc(OC)c1OC.Cl.Clc1nc(Cl)c2occc2n1.OC[C@@H]1CCCN1. The van der Waals surface area contributed by atoms with E-state index < -0.39 is 0 Å². The number of rotatable bonds is 19. The van der Waals surface area contributed by atoms with Crippen molar-refractivity contribution < 1.29 is 66.1 Å². The monoisotopic (exact) mass is 1460 g/mol. The maximum absolute atomic E-state index is 9.72. The van der Waals surface area contributed by atoms with Crippen molar-refractivity contribution >= 4 is 116 Å². The lowest BCUT2D eigenvalue weighted by molar-refractivity contribution is 0.255. The van der Waals surface area contributed by atoms with Gasteiger partial charge in [0.1, 0.15) is 53.0 Å². The number of furan rings is 3. The minimum atomic E-state index is 0. The Bertz CT molecular complexity index is 4540. The van der Waals surface area contributed by atoms with Gasteiger partial charge in [-0.15, -0.1) is 12.4 Å². The number of aliphatic hydroxyl groups is 2. The van der Waals surface area contributed by atoms with Gasteiger partial charge in [-0.2, -0.15) is 9.97 Å². The minimum absolute atomic E-state index is 0. The summed E-state index contributed by atoms with van der Waals surface area (Å²) in [5.74, 6) is 7.96. The van der Waals surface area contributed by atoms with E-state index in [4.69, 9.17) is 107 Å². The number of methoxy groups -OCH3 is 9. The molecule has 14 rings (SSSR count). The molecule has 2 atom stereocenters. The standard InChI is InChI=1S/C23H26N6O5.C18H16ClN5O4.C12H15N3O3.C6H2Cl2N2O.C5H11NO.CH4.ClH/c1-31-17-9-15(10-18(32-2)21(17)33-3)28-11-19(24-13-28)26-22-20-16(6-8-34-20)25-23(27-22)29-7-4-5-14(29)12-30;1-25-12-6-10(7-13(26-2)16(12)27-3)24-8-14(20-9-24)22-17-15-11(4-5-28-15)21-18(19)23-17;1-16-9-4-8(15-6-11(13)14-7-15)5-10(17-2)12(9)18-3;7-5-4-3(1-2-11-4)9-6(8)10-5;7-4-5-2-1-3-6-5;;/h6,8-11,13-14,30H,4-5,7,12H2,1-3H3,(H,25,26,27);4-9H,1-3H3,(H,21,22,23);4-7H,13H2,1-3H3;1-2H;5-7H,1-4H2;1H4;1H/t14-;;;;5-;;/m0...0../s1. The number of halogens is 4. The molecule has 0 aliphatic carbocycles. The first-order valence-electron chi connectivity index (χ1n) is 29.9. The molecule has 2 saturated heterocycles. The van der Waals surface area contributed by atoms with Crippen molar-refractivity contribution in [3.05, 3.63) is 127 Å². The fourth-order valence-electron chi connectivity index (χ4n) is 10.4. The van der Waals surface area contributed by atoms with Crippen LogP contribution in [0.4, 0.5) is 35.0 Å². The fraction of sp³-hybridized carbons (Fsp3) is 0.308. The molecule has 0 bridgehead atoms. The molecule has 0 amide bonds. The highest BCUT2D eigenvalue weighted by atomic mass is 35.5. The molecule has 12 aromatic rings. The summed E-state index contributed by atoms with van der Waals surface area (Å²) in [6.07, 6.45) is 19.1. The number of nitrogens with two attached hydrogens (primary N) is 1. The normalized spacial score (nSPS) is 13.6. The number of aliphatic hydroxyl groups excluding tert-OH is 2. The van der Waals surface area contributed by atoms with Crippen molar-refractivity contribution in [1.29, 1.82) is 0 Å². The van der Waals surface area contributed by atoms with Gasteiger partial charge in [-0.25, -0.2) is 34.9 Å². The predicted octanol–water partition coefficient (Wildman–Crippen LogP) is 11.8. The van der Waals surface area contributed by atoms with Gasteiger partial charge in [0.2, 0.25) is 33.8 Å². The van der Waals surface area contributed by atoms with Gasteiger partial charge >= 0.3 is 0 Å². The van der Waals surface area contributed by atoms with E-state index in [1.807, 2.05) is 52.1 Å². The molecule has 11 heterocycles. The summed E-state index contributed by atoms with van der Waals surface area (Å²) in [5.41, 5.74) is 11.4. The maximum Gasteiger partial charge on any atom is 0.228 e. The molecule has 31 nitrogen and oxygen atoms in total. The number of nitrogen functional groups attached to an aromatic ring is 1. The molecule has 2 aliphatic rings. The van der Waals surface area contributed by atoms with Crippen LogP contribution in [0.15, 0.2) is 124 Å². The molecule has 0 radical (unpaired) electrons. The third kappa shape index (κ3) is 17.5. The van der Waals surface area contributed by atoms with E-state index >= 15 is 0 Å². The van der Waals surface area contributed by atoms with E-state index in [1.165, 1.54) is 18.9 Å². The van der Waals surface area contributed by atoms with Gasteiger partial charge in [0.05, 0.1) is 138 Å². The number of imidazole rings is 3. The average molecular weight is 1460 g/mol. The molecule has 7 N–H and O–H groups in total. The van der Waals surface area contributed by atoms with Crippen LogP contribution in [0.3, 0.4) is 0 Å². The number of anilines is 6. The van der Waals surface area contributed by atoms with Gasteiger partial charge in [0.15, 0.2) is 68.0 Å². The Hall–Kier alpha value is -10.4. The van der Waals surface area contributed by atoms with Crippen LogP contribution >= 0.6 is 47.2 Å². The number of hydrogen-bond acceptors (Lipinski definition) is 28. The number of nitrogens with zero attached hydrogens (tertiary/aromatic N) is 13. The number of nitrogens with one attached hydrogen (secondary N) is 3. The first kappa shape index (κ1) is 75.4. The molecule has 532 valence electrons. The van der Waals surface area contributed by atoms with Crippen molar-refractivity contribution in [2.45, 2.75) is 45.2 Å². The van der Waals surface area contributed by atoms with Crippen LogP contribution in [-0.2, 0) is 0 Å². The summed E-state index contributed by atoms with van der Waals surface area (Å²) >= 11 is 17.2. The van der Waals surface area contributed by atoms with Gasteiger partial charge in [0, 0.05) is 67.2 Å². The molecular weight excluding hydrogens is 1380 g/mol. The van der Waals surface area contributed by atoms with E-state index in [-0.39, 0.29) is 48.2 Å². The minimum Gasteiger partial charge on any atom is -0.493 e. The molecule has 0 unspecified atom stereocenters. The van der Waals surface area contributed by atoms with Gasteiger partial charge in [-0.3, -0.25) is 0 Å². The number of benzene rings is 3. The van der Waals surface area contributed by atoms with Crippen LogP contribution in [0, 0.1) is 0 Å². The Balaban J connectivity index is 0.000000172. The third-order valence-corrected chi connectivity index (χ3v) is 15.7. The summed E-state index contributed by atoms with van der Waals surface area (Å²) in [6.45, 7) is 2.25. The zero-order valence-electron chi connectivity index (χ0n) is 54.9. The molecule has 0 saturated carbocycles. The molecular formula is C65H75Cl4N17O14. The molecule has 3 aromatic carbocycles. The van der Waals surface area contributed by atoms with Crippen LogP contribution in [0.25, 0.3) is 50.4 Å². The Labute approximate surface area is 594 Å². The first-order valence-corrected chi connectivity index (χ1v) is 31.1. The quantitative estimate of drug-likeness (QED) is 0.0323. The highest BCUT2D eigenvalue weighted by molar-refractivity contribution is 6.35. The van der Waals surface area contributed by atoms with E-state index in [0.717, 1.165) is 49.4 Å². The first-order chi connectivity index (χ1) is 47.7. The molecule has 0 spiro atoms. The summed E-state index contributed by atoms with van der Waals surface area (Å²) < 4.78 is 69.7. The second-order valence-electron chi connectivity index (χ2n) is 21.0. The summed E-state index contributed by atoms with van der Waals surface area (Å²) in [5, 5.41) is 28.2. The van der Waals surface area contributed by atoms with E-state index in [9.17, 15) is 5.11 Å². The van der Waals surface area contributed by atoms with Crippen molar-refractivity contribution in [2.75, 3.05) is 112 Å². The largest absolute Gasteiger partial charge is 0.493 e. The number of fused-ring (bicyclic) bond motifs is 3. The topological polar surface area (TPSA) is 359 Å². The predicted molar refractivity (Wildman–Crippen MR) is 381 cm³/mol. The van der Waals surface area contributed by atoms with Crippen molar-refractivity contribution in [3.63, 3.8) is 0 Å². The molecule has 2 aliphatic heterocycles. The number of hydrogen-bond donors (Lipinski definition) is 6. The smallest absolute Gasteiger partial charge is 0.228 e. The van der Waals surface area contributed by atoms with Gasteiger partial charge < -0.3 is 106 Å². The van der Waals surface area contributed by atoms with E-state index in [1.54, 1.807) is 129 Å². The lowest BCUT2D eigenvalue weighted by Crippen LogP contribution is -2.33. The molecule has 9 aromatic heterocycles. The summed E-state index contributed by atoms with van der Waals surface area (Å²) in [7, 11) is 14.1. The molecule has 35 heteroatoms. The van der Waals surface area contributed by atoms with Crippen LogP contribution < -0.4 is 69.2 Å². The Kier molecular flexibility index (Phi) is 26.7. The van der Waals surface area contributed by atoms with Gasteiger partial charge in [-0.05, 0) is 55.4 Å². The zero-order chi connectivity index (χ0) is 69.4. The highest BCUT2D eigenvalue weighted by Crippen LogP contribution is 2.42. The fourth-order valence-corrected chi connectivity index (χ4v) is 11.0. The Morgan fingerprint density at radius 1 is 0.520 bits per heavy atom. The lowest BCUT2D eigenvalue weighted by Gasteiger charge is -2.23. The van der Waals surface area contributed by atoms with Crippen LogP contribution in [-0.4, -0.2) is 171 Å². The Morgan fingerprint density at radius 2 is 0.940 bits per heavy atom. The maximum atomic E-state index is 9.72. The van der Waals surface area contributed by atoms with Crippen molar-refractivity contribution in [1.82, 2.24) is 63.9 Å².